The predicted molar refractivity (Wildman–Crippen MR) is 66.7 cm³/mol. The Kier molecular flexibility index (Phi) is 4.37. The third kappa shape index (κ3) is 3.41. The van der Waals surface area contributed by atoms with Crippen LogP contribution in [0.25, 0.3) is 0 Å². The van der Waals surface area contributed by atoms with Gasteiger partial charge < -0.3 is 10.4 Å². The molecule has 0 aromatic heterocycles. The maximum Gasteiger partial charge on any atom is 0.127 e. The van der Waals surface area contributed by atoms with Gasteiger partial charge in [-0.15, -0.1) is 0 Å². The van der Waals surface area contributed by atoms with Crippen molar-refractivity contribution in [1.29, 1.82) is 0 Å². The fraction of sp³-hybridized carbons (Fsp3) is 0.538. The Morgan fingerprint density at radius 2 is 2.35 bits per heavy atom. The van der Waals surface area contributed by atoms with Crippen LogP contribution in [0, 0.1) is 11.7 Å². The molecule has 1 aromatic carbocycles. The molecule has 17 heavy (non-hydrogen) atoms. The Morgan fingerprint density at radius 1 is 1.53 bits per heavy atom. The SMILES string of the molecule is OC(Cc1ccc(Cl)cc1F)C1CCCNC1. The molecule has 0 spiro atoms. The normalized spacial score (nSPS) is 22.4. The van der Waals surface area contributed by atoms with Gasteiger partial charge in [-0.2, -0.15) is 0 Å². The van der Waals surface area contributed by atoms with Gasteiger partial charge in [0.05, 0.1) is 6.10 Å². The van der Waals surface area contributed by atoms with Crippen LogP contribution in [0.5, 0.6) is 0 Å². The summed E-state index contributed by atoms with van der Waals surface area (Å²) in [4.78, 5) is 0. The van der Waals surface area contributed by atoms with Gasteiger partial charge in [0.25, 0.3) is 0 Å². The summed E-state index contributed by atoms with van der Waals surface area (Å²) in [6.07, 6.45) is 1.95. The topological polar surface area (TPSA) is 32.3 Å². The number of aliphatic hydroxyl groups is 1. The van der Waals surface area contributed by atoms with Gasteiger partial charge >= 0.3 is 0 Å². The van der Waals surface area contributed by atoms with Crippen molar-refractivity contribution < 1.29 is 9.50 Å². The number of halogens is 2. The minimum atomic E-state index is -0.488. The molecule has 2 rings (SSSR count). The van der Waals surface area contributed by atoms with Crippen molar-refractivity contribution >= 4 is 11.6 Å². The van der Waals surface area contributed by atoms with Crippen LogP contribution in [0.4, 0.5) is 4.39 Å². The molecule has 1 aromatic rings. The predicted octanol–water partition coefficient (Wildman–Crippen LogP) is 2.38. The third-order valence-corrected chi connectivity index (χ3v) is 3.56. The van der Waals surface area contributed by atoms with E-state index >= 15 is 0 Å². The van der Waals surface area contributed by atoms with Gasteiger partial charge in [0, 0.05) is 18.0 Å². The van der Waals surface area contributed by atoms with Crippen molar-refractivity contribution in [3.63, 3.8) is 0 Å². The van der Waals surface area contributed by atoms with Crippen molar-refractivity contribution in [3.05, 3.63) is 34.6 Å². The zero-order valence-corrected chi connectivity index (χ0v) is 10.4. The summed E-state index contributed by atoms with van der Waals surface area (Å²) in [6, 6.07) is 4.60. The lowest BCUT2D eigenvalue weighted by Gasteiger charge is -2.27. The monoisotopic (exact) mass is 257 g/mol. The highest BCUT2D eigenvalue weighted by Crippen LogP contribution is 2.21. The highest BCUT2D eigenvalue weighted by molar-refractivity contribution is 6.30. The number of nitrogens with one attached hydrogen (secondary N) is 1. The zero-order chi connectivity index (χ0) is 12.3. The standard InChI is InChI=1S/C13H17ClFNO/c14-11-4-3-9(12(15)7-11)6-13(17)10-2-1-5-16-8-10/h3-4,7,10,13,16-17H,1-2,5-6,8H2. The lowest BCUT2D eigenvalue weighted by atomic mass is 9.90. The summed E-state index contributed by atoms with van der Waals surface area (Å²) in [6.45, 7) is 1.83. The van der Waals surface area contributed by atoms with Crippen molar-refractivity contribution in [2.45, 2.75) is 25.4 Å². The lowest BCUT2D eigenvalue weighted by Crippen LogP contribution is -2.37. The zero-order valence-electron chi connectivity index (χ0n) is 9.63. The molecule has 0 bridgehead atoms. The summed E-state index contributed by atoms with van der Waals surface area (Å²) < 4.78 is 13.6. The molecule has 0 saturated carbocycles. The molecule has 2 N–H and O–H groups in total. The maximum absolute atomic E-state index is 13.6. The van der Waals surface area contributed by atoms with Crippen LogP contribution in [-0.2, 0) is 6.42 Å². The molecule has 2 nitrogen and oxygen atoms in total. The minimum absolute atomic E-state index is 0.221. The van der Waals surface area contributed by atoms with Crippen molar-refractivity contribution in [1.82, 2.24) is 5.32 Å². The van der Waals surface area contributed by atoms with E-state index in [4.69, 9.17) is 11.6 Å². The molecule has 1 aliphatic rings. The molecule has 94 valence electrons. The van der Waals surface area contributed by atoms with Gasteiger partial charge in [0.15, 0.2) is 0 Å². The Balaban J connectivity index is 1.99. The first-order valence-corrected chi connectivity index (χ1v) is 6.37. The Bertz CT molecular complexity index is 380. The molecule has 0 radical (unpaired) electrons. The molecular weight excluding hydrogens is 241 g/mol. The van der Waals surface area contributed by atoms with E-state index in [0.717, 1.165) is 25.9 Å². The molecule has 1 saturated heterocycles. The van der Waals surface area contributed by atoms with E-state index in [9.17, 15) is 9.50 Å². The number of hydrogen-bond donors (Lipinski definition) is 2. The van der Waals surface area contributed by atoms with Crippen LogP contribution in [0.1, 0.15) is 18.4 Å². The van der Waals surface area contributed by atoms with Gasteiger partial charge in [-0.3, -0.25) is 0 Å². The first kappa shape index (κ1) is 12.8. The van der Waals surface area contributed by atoms with E-state index in [1.54, 1.807) is 12.1 Å². The highest BCUT2D eigenvalue weighted by atomic mass is 35.5. The van der Waals surface area contributed by atoms with Crippen LogP contribution < -0.4 is 5.32 Å². The van der Waals surface area contributed by atoms with Crippen molar-refractivity contribution in [2.75, 3.05) is 13.1 Å². The molecular formula is C13H17ClFNO. The molecule has 1 aliphatic heterocycles. The number of hydrogen-bond acceptors (Lipinski definition) is 2. The number of benzene rings is 1. The second-order valence-corrected chi connectivity index (χ2v) is 5.05. The third-order valence-electron chi connectivity index (χ3n) is 3.32. The first-order chi connectivity index (χ1) is 8.16. The van der Waals surface area contributed by atoms with Crippen LogP contribution in [0.3, 0.4) is 0 Å². The first-order valence-electron chi connectivity index (χ1n) is 5.99. The summed E-state index contributed by atoms with van der Waals surface area (Å²) in [5.41, 5.74) is 0.535. The second-order valence-electron chi connectivity index (χ2n) is 4.61. The number of rotatable bonds is 3. The maximum atomic E-state index is 13.6. The Hall–Kier alpha value is -0.640. The van der Waals surface area contributed by atoms with E-state index < -0.39 is 6.10 Å². The minimum Gasteiger partial charge on any atom is -0.392 e. The van der Waals surface area contributed by atoms with E-state index in [-0.39, 0.29) is 11.7 Å². The largest absolute Gasteiger partial charge is 0.392 e. The molecule has 4 heteroatoms. The van der Waals surface area contributed by atoms with E-state index in [1.165, 1.54) is 6.07 Å². The smallest absolute Gasteiger partial charge is 0.127 e. The summed E-state index contributed by atoms with van der Waals surface area (Å²) in [5.74, 6) is -0.112. The van der Waals surface area contributed by atoms with E-state index in [2.05, 4.69) is 5.32 Å². The van der Waals surface area contributed by atoms with Crippen LogP contribution in [-0.4, -0.2) is 24.3 Å². The van der Waals surface area contributed by atoms with E-state index in [0.29, 0.717) is 17.0 Å². The average molecular weight is 258 g/mol. The quantitative estimate of drug-likeness (QED) is 0.872. The fourth-order valence-electron chi connectivity index (χ4n) is 2.29. The molecule has 1 heterocycles. The highest BCUT2D eigenvalue weighted by Gasteiger charge is 2.22. The fourth-order valence-corrected chi connectivity index (χ4v) is 2.45. The van der Waals surface area contributed by atoms with Gasteiger partial charge in [0.1, 0.15) is 5.82 Å². The number of piperidine rings is 1. The van der Waals surface area contributed by atoms with E-state index in [1.807, 2.05) is 0 Å². The average Bonchev–Trinajstić information content (AvgIpc) is 2.34. The molecule has 2 atom stereocenters. The summed E-state index contributed by atoms with van der Waals surface area (Å²) >= 11 is 5.69. The summed E-state index contributed by atoms with van der Waals surface area (Å²) in [7, 11) is 0. The van der Waals surface area contributed by atoms with Crippen molar-refractivity contribution in [2.24, 2.45) is 5.92 Å². The van der Waals surface area contributed by atoms with Gasteiger partial charge in [-0.05, 0) is 43.0 Å². The van der Waals surface area contributed by atoms with Gasteiger partial charge in [-0.1, -0.05) is 17.7 Å². The van der Waals surface area contributed by atoms with Crippen LogP contribution >= 0.6 is 11.6 Å². The lowest BCUT2D eigenvalue weighted by molar-refractivity contribution is 0.0914. The van der Waals surface area contributed by atoms with Gasteiger partial charge in [-0.25, -0.2) is 4.39 Å². The Labute approximate surface area is 106 Å². The Morgan fingerprint density at radius 3 is 3.00 bits per heavy atom. The summed E-state index contributed by atoms with van der Waals surface area (Å²) in [5, 5.41) is 13.7. The molecule has 2 unspecified atom stereocenters. The molecule has 0 aliphatic carbocycles. The molecule has 1 fully saturated rings. The molecule has 0 amide bonds. The second kappa shape index (κ2) is 5.80. The van der Waals surface area contributed by atoms with Crippen LogP contribution in [0.15, 0.2) is 18.2 Å². The van der Waals surface area contributed by atoms with Crippen LogP contribution in [0.2, 0.25) is 5.02 Å². The number of aliphatic hydroxyl groups excluding tert-OH is 1. The van der Waals surface area contributed by atoms with Crippen molar-refractivity contribution in [3.8, 4) is 0 Å². The van der Waals surface area contributed by atoms with Gasteiger partial charge in [0.2, 0.25) is 0 Å².